The lowest BCUT2D eigenvalue weighted by atomic mass is 10.00. The van der Waals surface area contributed by atoms with Crippen molar-refractivity contribution in [2.24, 2.45) is 0 Å². The maximum absolute atomic E-state index is 4.35. The highest BCUT2D eigenvalue weighted by Gasteiger charge is 1.98. The van der Waals surface area contributed by atoms with E-state index in [1.54, 1.807) is 0 Å². The van der Waals surface area contributed by atoms with Crippen LogP contribution in [0.15, 0.2) is 12.2 Å². The van der Waals surface area contributed by atoms with Crippen LogP contribution in [0.25, 0.3) is 0 Å². The standard InChI is InChI=1S/C34H68/c1-4-6-8-10-12-14-16-18-19-20-21-23-25-27-29-31-33-34(3)32-30-28-26-24-22-17-15-13-11-9-7-5-2/h3-33H2,1-2H3. The fraction of sp³-hybridized carbons (Fsp3) is 0.941. The molecule has 0 rings (SSSR count). The smallest absolute Gasteiger partial charge is 0.0323 e. The third kappa shape index (κ3) is 29.8. The molecule has 0 aromatic heterocycles. The molecule has 204 valence electrons. The van der Waals surface area contributed by atoms with E-state index in [1.165, 1.54) is 198 Å². The minimum atomic E-state index is 1.29. The van der Waals surface area contributed by atoms with Gasteiger partial charge in [0.25, 0.3) is 0 Å². The van der Waals surface area contributed by atoms with Crippen molar-refractivity contribution < 1.29 is 0 Å². The van der Waals surface area contributed by atoms with E-state index < -0.39 is 0 Å². The summed E-state index contributed by atoms with van der Waals surface area (Å²) in [5.41, 5.74) is 1.53. The lowest BCUT2D eigenvalue weighted by molar-refractivity contribution is 0.528. The highest BCUT2D eigenvalue weighted by atomic mass is 14.0. The fourth-order valence-electron chi connectivity index (χ4n) is 5.26. The van der Waals surface area contributed by atoms with Gasteiger partial charge in [-0.25, -0.2) is 0 Å². The van der Waals surface area contributed by atoms with E-state index in [0.717, 1.165) is 0 Å². The number of hydrogen-bond acceptors (Lipinski definition) is 0. The molecule has 0 saturated carbocycles. The van der Waals surface area contributed by atoms with E-state index >= 15 is 0 Å². The van der Waals surface area contributed by atoms with Crippen molar-refractivity contribution in [1.82, 2.24) is 0 Å². The number of allylic oxidation sites excluding steroid dienone is 1. The Morgan fingerprint density at radius 3 is 0.676 bits per heavy atom. The Labute approximate surface area is 218 Å². The maximum Gasteiger partial charge on any atom is -0.0323 e. The van der Waals surface area contributed by atoms with Crippen molar-refractivity contribution in [3.8, 4) is 0 Å². The summed E-state index contributed by atoms with van der Waals surface area (Å²) in [6, 6.07) is 0. The van der Waals surface area contributed by atoms with Gasteiger partial charge in [0.2, 0.25) is 0 Å². The van der Waals surface area contributed by atoms with Crippen LogP contribution in [-0.4, -0.2) is 0 Å². The molecule has 0 spiro atoms. The third-order valence-corrected chi connectivity index (χ3v) is 7.77. The first-order valence-electron chi connectivity index (χ1n) is 16.5. The summed E-state index contributed by atoms with van der Waals surface area (Å²) in [4.78, 5) is 0. The van der Waals surface area contributed by atoms with Gasteiger partial charge < -0.3 is 0 Å². The van der Waals surface area contributed by atoms with E-state index in [1.807, 2.05) is 0 Å². The topological polar surface area (TPSA) is 0 Å². The number of unbranched alkanes of at least 4 members (excludes halogenated alkanes) is 26. The summed E-state index contributed by atoms with van der Waals surface area (Å²) < 4.78 is 0. The highest BCUT2D eigenvalue weighted by molar-refractivity contribution is 4.93. The van der Waals surface area contributed by atoms with E-state index in [0.29, 0.717) is 0 Å². The molecule has 0 unspecified atom stereocenters. The molecule has 0 saturated heterocycles. The molecule has 0 aromatic rings. The van der Waals surface area contributed by atoms with Gasteiger partial charge in [-0.15, -0.1) is 0 Å². The average molecular weight is 477 g/mol. The van der Waals surface area contributed by atoms with Gasteiger partial charge in [0.15, 0.2) is 0 Å². The molecule has 0 bridgehead atoms. The Morgan fingerprint density at radius 2 is 0.471 bits per heavy atom. The molecule has 0 fully saturated rings. The molecule has 0 aliphatic carbocycles. The Balaban J connectivity index is 3.13. The molecule has 0 nitrogen and oxygen atoms in total. The maximum atomic E-state index is 4.35. The van der Waals surface area contributed by atoms with Crippen molar-refractivity contribution in [2.45, 2.75) is 206 Å². The Morgan fingerprint density at radius 1 is 0.294 bits per heavy atom. The molecule has 0 aliphatic heterocycles. The summed E-state index contributed by atoms with van der Waals surface area (Å²) in [7, 11) is 0. The molecule has 0 radical (unpaired) electrons. The molecule has 0 atom stereocenters. The van der Waals surface area contributed by atoms with Crippen LogP contribution in [0, 0.1) is 0 Å². The van der Waals surface area contributed by atoms with Gasteiger partial charge >= 0.3 is 0 Å². The van der Waals surface area contributed by atoms with Crippen molar-refractivity contribution >= 4 is 0 Å². The van der Waals surface area contributed by atoms with Crippen LogP contribution >= 0.6 is 0 Å². The summed E-state index contributed by atoms with van der Waals surface area (Å²) in [5.74, 6) is 0. The quantitative estimate of drug-likeness (QED) is 0.0714. The molecule has 0 heteroatoms. The van der Waals surface area contributed by atoms with Crippen molar-refractivity contribution in [2.75, 3.05) is 0 Å². The number of rotatable bonds is 30. The van der Waals surface area contributed by atoms with Gasteiger partial charge in [-0.3, -0.25) is 0 Å². The minimum Gasteiger partial charge on any atom is -0.0999 e. The van der Waals surface area contributed by atoms with Gasteiger partial charge in [-0.1, -0.05) is 193 Å². The first-order chi connectivity index (χ1) is 16.8. The van der Waals surface area contributed by atoms with E-state index in [9.17, 15) is 0 Å². The predicted octanol–water partition coefficient (Wildman–Crippen LogP) is 13.3. The lowest BCUT2D eigenvalue weighted by Crippen LogP contribution is -1.87. The minimum absolute atomic E-state index is 1.29. The Kier molecular flexibility index (Phi) is 30.5. The van der Waals surface area contributed by atoms with Crippen LogP contribution < -0.4 is 0 Å². The van der Waals surface area contributed by atoms with Crippen molar-refractivity contribution in [1.29, 1.82) is 0 Å². The second kappa shape index (κ2) is 30.8. The zero-order valence-corrected chi connectivity index (χ0v) is 24.4. The molecule has 34 heavy (non-hydrogen) atoms. The predicted molar refractivity (Wildman–Crippen MR) is 159 cm³/mol. The average Bonchev–Trinajstić information content (AvgIpc) is 2.84. The van der Waals surface area contributed by atoms with Crippen LogP contribution in [-0.2, 0) is 0 Å². The molecule has 0 aliphatic rings. The second-order valence-corrected chi connectivity index (χ2v) is 11.4. The molecule has 0 heterocycles. The normalized spacial score (nSPS) is 11.4. The van der Waals surface area contributed by atoms with Crippen LogP contribution in [0.2, 0.25) is 0 Å². The van der Waals surface area contributed by atoms with Gasteiger partial charge in [-0.05, 0) is 25.7 Å². The second-order valence-electron chi connectivity index (χ2n) is 11.4. The summed E-state index contributed by atoms with van der Waals surface area (Å²) in [6.45, 7) is 8.96. The molecule has 0 N–H and O–H groups in total. The van der Waals surface area contributed by atoms with Crippen molar-refractivity contribution in [3.63, 3.8) is 0 Å². The van der Waals surface area contributed by atoms with Crippen LogP contribution in [0.3, 0.4) is 0 Å². The third-order valence-electron chi connectivity index (χ3n) is 7.77. The molecule has 0 aromatic carbocycles. The monoisotopic (exact) mass is 477 g/mol. The zero-order chi connectivity index (χ0) is 24.8. The SMILES string of the molecule is C=C(CCCCCCCCCCCCCC)CCCCCCCCCCCCCCCCCC. The molecular weight excluding hydrogens is 408 g/mol. The summed E-state index contributed by atoms with van der Waals surface area (Å²) in [5, 5.41) is 0. The van der Waals surface area contributed by atoms with Crippen LogP contribution in [0.5, 0.6) is 0 Å². The number of hydrogen-bond donors (Lipinski definition) is 0. The Hall–Kier alpha value is -0.260. The summed E-state index contributed by atoms with van der Waals surface area (Å²) >= 11 is 0. The van der Waals surface area contributed by atoms with E-state index in [-0.39, 0.29) is 0 Å². The lowest BCUT2D eigenvalue weighted by Gasteiger charge is -2.07. The van der Waals surface area contributed by atoms with Crippen molar-refractivity contribution in [3.05, 3.63) is 12.2 Å². The van der Waals surface area contributed by atoms with E-state index in [2.05, 4.69) is 20.4 Å². The molecule has 0 amide bonds. The zero-order valence-electron chi connectivity index (χ0n) is 24.4. The van der Waals surface area contributed by atoms with Gasteiger partial charge in [-0.2, -0.15) is 0 Å². The largest absolute Gasteiger partial charge is 0.0999 e. The van der Waals surface area contributed by atoms with Gasteiger partial charge in [0, 0.05) is 0 Å². The highest BCUT2D eigenvalue weighted by Crippen LogP contribution is 2.18. The van der Waals surface area contributed by atoms with Crippen LogP contribution in [0.1, 0.15) is 206 Å². The van der Waals surface area contributed by atoms with Gasteiger partial charge in [0.05, 0.1) is 0 Å². The van der Waals surface area contributed by atoms with Crippen LogP contribution in [0.4, 0.5) is 0 Å². The first-order valence-corrected chi connectivity index (χ1v) is 16.5. The van der Waals surface area contributed by atoms with Gasteiger partial charge in [0.1, 0.15) is 0 Å². The first kappa shape index (κ1) is 33.7. The Bertz CT molecular complexity index is 368. The molecular formula is C34H68. The fourth-order valence-corrected chi connectivity index (χ4v) is 5.26. The summed E-state index contributed by atoms with van der Waals surface area (Å²) in [6.07, 6.45) is 43.2. The van der Waals surface area contributed by atoms with E-state index in [4.69, 9.17) is 0 Å².